The lowest BCUT2D eigenvalue weighted by molar-refractivity contribution is -0.122. The van der Waals surface area contributed by atoms with E-state index in [4.69, 9.17) is 9.73 Å². The van der Waals surface area contributed by atoms with Gasteiger partial charge in [0.2, 0.25) is 0 Å². The van der Waals surface area contributed by atoms with E-state index in [1.54, 1.807) is 11.0 Å². The van der Waals surface area contributed by atoms with E-state index in [1.807, 2.05) is 32.9 Å². The zero-order valence-electron chi connectivity index (χ0n) is 18.8. The number of hydrogen-bond donors (Lipinski definition) is 0. The lowest BCUT2D eigenvalue weighted by Crippen LogP contribution is -2.29. The molecule has 0 spiro atoms. The van der Waals surface area contributed by atoms with Crippen LogP contribution >= 0.6 is 0 Å². The van der Waals surface area contributed by atoms with E-state index in [0.717, 1.165) is 35.5 Å². The van der Waals surface area contributed by atoms with E-state index in [9.17, 15) is 4.79 Å². The van der Waals surface area contributed by atoms with Gasteiger partial charge in [-0.1, -0.05) is 29.8 Å². The van der Waals surface area contributed by atoms with Crippen LogP contribution in [0.3, 0.4) is 0 Å². The molecule has 1 amide bonds. The largest absolute Gasteiger partial charge is 0.419 e. The number of amidine groups is 1. The maximum atomic E-state index is 12.9. The molecule has 0 aromatic heterocycles. The number of ether oxygens (including phenoxy) is 1. The van der Waals surface area contributed by atoms with Gasteiger partial charge in [0.1, 0.15) is 0 Å². The highest BCUT2D eigenvalue weighted by Crippen LogP contribution is 2.28. The Balaban J connectivity index is 1.91. The van der Waals surface area contributed by atoms with Crippen LogP contribution in [0.5, 0.6) is 0 Å². The number of benzene rings is 2. The van der Waals surface area contributed by atoms with Crippen LogP contribution in [0.2, 0.25) is 0 Å². The van der Waals surface area contributed by atoms with E-state index in [1.165, 1.54) is 11.3 Å². The third-order valence-corrected chi connectivity index (χ3v) is 5.37. The summed E-state index contributed by atoms with van der Waals surface area (Å²) in [6, 6.07) is 12.7. The molecule has 0 radical (unpaired) electrons. The predicted octanol–water partition coefficient (Wildman–Crippen LogP) is 5.37. The van der Waals surface area contributed by atoms with Crippen molar-refractivity contribution in [3.8, 4) is 0 Å². The first-order valence-corrected chi connectivity index (χ1v) is 10.6. The summed E-state index contributed by atoms with van der Waals surface area (Å²) >= 11 is 0. The van der Waals surface area contributed by atoms with Crippen molar-refractivity contribution in [3.05, 3.63) is 64.4 Å². The van der Waals surface area contributed by atoms with Gasteiger partial charge >= 0.3 is 6.02 Å². The minimum atomic E-state index is -0.161. The molecule has 0 aliphatic carbocycles. The number of anilines is 1. The molecule has 1 aliphatic rings. The first-order valence-electron chi connectivity index (χ1n) is 10.6. The summed E-state index contributed by atoms with van der Waals surface area (Å²) in [5, 5.41) is 0. The fourth-order valence-corrected chi connectivity index (χ4v) is 3.84. The molecule has 0 bridgehead atoms. The van der Waals surface area contributed by atoms with E-state index in [2.05, 4.69) is 49.9 Å². The average Bonchev–Trinajstić information content (AvgIpc) is 3.01. The van der Waals surface area contributed by atoms with Crippen molar-refractivity contribution in [1.29, 1.82) is 0 Å². The van der Waals surface area contributed by atoms with Gasteiger partial charge in [-0.2, -0.15) is 4.99 Å². The molecule has 5 heteroatoms. The minimum absolute atomic E-state index is 0.161. The van der Waals surface area contributed by atoms with Gasteiger partial charge in [-0.05, 0) is 76.4 Å². The van der Waals surface area contributed by atoms with Crippen LogP contribution in [0.1, 0.15) is 43.0 Å². The number of amides is 1. The van der Waals surface area contributed by atoms with Gasteiger partial charge in [-0.25, -0.2) is 0 Å². The molecule has 30 heavy (non-hydrogen) atoms. The van der Waals surface area contributed by atoms with Crippen LogP contribution in [0.15, 0.2) is 47.1 Å². The van der Waals surface area contributed by atoms with Gasteiger partial charge in [0.15, 0.2) is 5.76 Å². The number of hydrogen-bond acceptors (Lipinski definition) is 4. The molecule has 1 saturated heterocycles. The average molecular weight is 406 g/mol. The highest BCUT2D eigenvalue weighted by Gasteiger charge is 2.34. The highest BCUT2D eigenvalue weighted by molar-refractivity contribution is 6.11. The van der Waals surface area contributed by atoms with Crippen molar-refractivity contribution in [2.45, 2.75) is 41.5 Å². The lowest BCUT2D eigenvalue weighted by atomic mass is 10.1. The third kappa shape index (κ3) is 4.40. The molecule has 0 saturated carbocycles. The molecular formula is C25H31N3O2. The summed E-state index contributed by atoms with van der Waals surface area (Å²) in [5.41, 5.74) is 6.27. The summed E-state index contributed by atoms with van der Waals surface area (Å²) in [7, 11) is 0. The second-order valence-electron chi connectivity index (χ2n) is 7.57. The van der Waals surface area contributed by atoms with Crippen LogP contribution in [-0.4, -0.2) is 36.5 Å². The molecule has 0 atom stereocenters. The maximum absolute atomic E-state index is 12.9. The summed E-state index contributed by atoms with van der Waals surface area (Å²) < 4.78 is 5.92. The molecule has 1 fully saturated rings. The molecule has 5 nitrogen and oxygen atoms in total. The summed E-state index contributed by atoms with van der Waals surface area (Å²) in [4.78, 5) is 21.4. The number of carbonyl (C=O) groups is 1. The first kappa shape index (κ1) is 21.6. The SMILES string of the molecule is CCN1C(=O)/C(=C\c2ccc(N(CC)CC)cc2)O/C1=N/c1c(C)cc(C)cc1C. The molecule has 1 heterocycles. The third-order valence-electron chi connectivity index (χ3n) is 5.37. The van der Waals surface area contributed by atoms with Gasteiger partial charge in [-0.3, -0.25) is 9.69 Å². The van der Waals surface area contributed by atoms with Gasteiger partial charge in [0.05, 0.1) is 5.69 Å². The number of aryl methyl sites for hydroxylation is 3. The fourth-order valence-electron chi connectivity index (χ4n) is 3.84. The molecule has 3 rings (SSSR count). The fraction of sp³-hybridized carbons (Fsp3) is 0.360. The lowest BCUT2D eigenvalue weighted by Gasteiger charge is -2.20. The van der Waals surface area contributed by atoms with Crippen molar-refractivity contribution in [1.82, 2.24) is 4.90 Å². The Morgan fingerprint density at radius 3 is 2.13 bits per heavy atom. The molecule has 2 aromatic carbocycles. The molecule has 2 aromatic rings. The summed E-state index contributed by atoms with van der Waals surface area (Å²) in [6.07, 6.45) is 1.79. The maximum Gasteiger partial charge on any atom is 0.305 e. The van der Waals surface area contributed by atoms with Gasteiger partial charge in [-0.15, -0.1) is 0 Å². The molecular weight excluding hydrogens is 374 g/mol. The zero-order valence-corrected chi connectivity index (χ0v) is 18.8. The Morgan fingerprint density at radius 2 is 1.60 bits per heavy atom. The zero-order chi connectivity index (χ0) is 21.8. The van der Waals surface area contributed by atoms with E-state index in [0.29, 0.717) is 18.3 Å². The molecule has 158 valence electrons. The van der Waals surface area contributed by atoms with Crippen molar-refractivity contribution in [2.75, 3.05) is 24.5 Å². The number of nitrogens with zero attached hydrogens (tertiary/aromatic N) is 3. The van der Waals surface area contributed by atoms with Crippen molar-refractivity contribution in [3.63, 3.8) is 0 Å². The first-order chi connectivity index (χ1) is 14.4. The number of carbonyl (C=O) groups excluding carboxylic acids is 1. The Labute approximate surface area is 179 Å². The Kier molecular flexibility index (Phi) is 6.60. The van der Waals surface area contributed by atoms with Crippen LogP contribution in [0, 0.1) is 20.8 Å². The van der Waals surface area contributed by atoms with E-state index >= 15 is 0 Å². The topological polar surface area (TPSA) is 45.1 Å². The van der Waals surface area contributed by atoms with E-state index in [-0.39, 0.29) is 5.91 Å². The van der Waals surface area contributed by atoms with Crippen LogP contribution in [0.25, 0.3) is 6.08 Å². The smallest absolute Gasteiger partial charge is 0.305 e. The number of likely N-dealkylation sites (N-methyl/N-ethyl adjacent to an activating group) is 1. The van der Waals surface area contributed by atoms with Crippen LogP contribution in [-0.2, 0) is 9.53 Å². The molecule has 0 N–H and O–H groups in total. The van der Waals surface area contributed by atoms with Crippen molar-refractivity contribution < 1.29 is 9.53 Å². The minimum Gasteiger partial charge on any atom is -0.419 e. The van der Waals surface area contributed by atoms with Crippen molar-refractivity contribution >= 4 is 29.4 Å². The highest BCUT2D eigenvalue weighted by atomic mass is 16.5. The van der Waals surface area contributed by atoms with Gasteiger partial charge < -0.3 is 9.64 Å². The quantitative estimate of drug-likeness (QED) is 0.607. The number of aliphatic imine (C=N–C) groups is 1. The van der Waals surface area contributed by atoms with Gasteiger partial charge in [0.25, 0.3) is 5.91 Å². The summed E-state index contributed by atoms with van der Waals surface area (Å²) in [5.74, 6) is 0.139. The van der Waals surface area contributed by atoms with Crippen molar-refractivity contribution in [2.24, 2.45) is 4.99 Å². The van der Waals surface area contributed by atoms with Crippen LogP contribution in [0.4, 0.5) is 11.4 Å². The second-order valence-corrected chi connectivity index (χ2v) is 7.57. The predicted molar refractivity (Wildman–Crippen MR) is 124 cm³/mol. The summed E-state index contributed by atoms with van der Waals surface area (Å²) in [6.45, 7) is 14.7. The van der Waals surface area contributed by atoms with Crippen LogP contribution < -0.4 is 4.90 Å². The number of rotatable bonds is 6. The van der Waals surface area contributed by atoms with E-state index < -0.39 is 0 Å². The van der Waals surface area contributed by atoms with Gasteiger partial charge in [0, 0.05) is 25.3 Å². The Morgan fingerprint density at radius 1 is 1.00 bits per heavy atom. The Hall–Kier alpha value is -3.08. The second kappa shape index (κ2) is 9.16. The Bertz CT molecular complexity index is 963. The monoisotopic (exact) mass is 405 g/mol. The standard InChI is InChI=1S/C25H31N3O2/c1-7-27(8-2)21-12-10-20(11-13-21)16-22-24(29)28(9-3)25(30-22)26-23-18(5)14-17(4)15-19(23)6/h10-16H,7-9H2,1-6H3/b22-16+,26-25+. The molecule has 1 aliphatic heterocycles. The molecule has 0 unspecified atom stereocenters. The normalized spacial score (nSPS) is 16.5.